The van der Waals surface area contributed by atoms with E-state index < -0.39 is 35.0 Å². The van der Waals surface area contributed by atoms with Crippen LogP contribution >= 0.6 is 0 Å². The lowest BCUT2D eigenvalue weighted by atomic mass is 9.85. The topological polar surface area (TPSA) is 105 Å². The Kier molecular flexibility index (Phi) is 7.34. The molecule has 2 aromatic carbocycles. The molecule has 34 heavy (non-hydrogen) atoms. The standard InChI is InChI=1S/C27H34N2O5/c1-6-15-27(5,24(31)32)29-23(30)22(26(2,3)4)28-25(33)34-16-21-19-13-9-7-11-17(19)18-12-8-10-14-20(18)21/h7-14,21-22H,6,15-16H2,1-5H3,(H,28,33)(H,29,30)(H,31,32)/t22-,27?/m0/s1. The van der Waals surface area contributed by atoms with Crippen LogP contribution in [0.3, 0.4) is 0 Å². The van der Waals surface area contributed by atoms with E-state index in [1.165, 1.54) is 6.92 Å². The van der Waals surface area contributed by atoms with Gasteiger partial charge in [-0.3, -0.25) is 4.79 Å². The van der Waals surface area contributed by atoms with Crippen LogP contribution in [-0.4, -0.2) is 41.3 Å². The molecule has 7 heteroatoms. The minimum absolute atomic E-state index is 0.0973. The van der Waals surface area contributed by atoms with Crippen LogP contribution in [0.2, 0.25) is 0 Å². The van der Waals surface area contributed by atoms with Crippen molar-refractivity contribution in [1.82, 2.24) is 10.6 Å². The number of aliphatic carboxylic acids is 1. The SMILES string of the molecule is CCCC(C)(NC(=O)[C@H](NC(=O)OCC1c2ccccc2-c2ccccc21)C(C)(C)C)C(=O)O. The lowest BCUT2D eigenvalue weighted by Gasteiger charge is -2.34. The number of nitrogens with one attached hydrogen (secondary N) is 2. The molecule has 0 spiro atoms. The summed E-state index contributed by atoms with van der Waals surface area (Å²) in [5, 5.41) is 14.9. The van der Waals surface area contributed by atoms with Crippen LogP contribution in [-0.2, 0) is 14.3 Å². The molecule has 1 aliphatic carbocycles. The Hall–Kier alpha value is -3.35. The Bertz CT molecular complexity index is 1030. The van der Waals surface area contributed by atoms with Gasteiger partial charge in [0.05, 0.1) is 0 Å². The summed E-state index contributed by atoms with van der Waals surface area (Å²) in [4.78, 5) is 37.6. The van der Waals surface area contributed by atoms with Crippen LogP contribution in [0.1, 0.15) is 64.5 Å². The zero-order valence-corrected chi connectivity index (χ0v) is 20.5. The van der Waals surface area contributed by atoms with E-state index in [1.807, 2.05) is 43.3 Å². The molecule has 182 valence electrons. The molecule has 0 heterocycles. The molecule has 1 aliphatic rings. The van der Waals surface area contributed by atoms with Crippen LogP contribution in [0, 0.1) is 5.41 Å². The van der Waals surface area contributed by atoms with Crippen molar-refractivity contribution in [3.63, 3.8) is 0 Å². The van der Waals surface area contributed by atoms with Gasteiger partial charge in [-0.2, -0.15) is 0 Å². The van der Waals surface area contributed by atoms with E-state index in [-0.39, 0.29) is 18.9 Å². The predicted octanol–water partition coefficient (Wildman–Crippen LogP) is 4.70. The first-order valence-corrected chi connectivity index (χ1v) is 11.6. The highest BCUT2D eigenvalue weighted by Crippen LogP contribution is 2.44. The van der Waals surface area contributed by atoms with Crippen molar-refractivity contribution < 1.29 is 24.2 Å². The summed E-state index contributed by atoms with van der Waals surface area (Å²) >= 11 is 0. The number of ether oxygens (including phenoxy) is 1. The van der Waals surface area contributed by atoms with Crippen molar-refractivity contribution >= 4 is 18.0 Å². The number of hydrogen-bond acceptors (Lipinski definition) is 4. The smallest absolute Gasteiger partial charge is 0.407 e. The fourth-order valence-corrected chi connectivity index (χ4v) is 4.50. The molecule has 3 rings (SSSR count). The van der Waals surface area contributed by atoms with Crippen molar-refractivity contribution in [3.8, 4) is 11.1 Å². The van der Waals surface area contributed by atoms with Gasteiger partial charge in [0.1, 0.15) is 18.2 Å². The third kappa shape index (κ3) is 5.24. The minimum atomic E-state index is -1.42. The van der Waals surface area contributed by atoms with Crippen molar-refractivity contribution in [1.29, 1.82) is 0 Å². The predicted molar refractivity (Wildman–Crippen MR) is 131 cm³/mol. The quantitative estimate of drug-likeness (QED) is 0.523. The number of carbonyl (C=O) groups is 3. The number of hydrogen-bond donors (Lipinski definition) is 3. The second-order valence-electron chi connectivity index (χ2n) is 10.1. The third-order valence-electron chi connectivity index (χ3n) is 6.36. The molecule has 0 bridgehead atoms. The van der Waals surface area contributed by atoms with E-state index in [2.05, 4.69) is 22.8 Å². The normalized spacial score (nSPS) is 15.4. The molecule has 7 nitrogen and oxygen atoms in total. The van der Waals surface area contributed by atoms with Crippen molar-refractivity contribution in [2.24, 2.45) is 5.41 Å². The Balaban J connectivity index is 1.72. The molecule has 0 saturated carbocycles. The lowest BCUT2D eigenvalue weighted by molar-refractivity contribution is -0.148. The first-order chi connectivity index (χ1) is 16.0. The van der Waals surface area contributed by atoms with Gasteiger partial charge in [-0.1, -0.05) is 82.6 Å². The summed E-state index contributed by atoms with van der Waals surface area (Å²) in [6.07, 6.45) is 0.142. The fourth-order valence-electron chi connectivity index (χ4n) is 4.50. The van der Waals surface area contributed by atoms with Gasteiger partial charge < -0.3 is 20.5 Å². The van der Waals surface area contributed by atoms with E-state index >= 15 is 0 Å². The van der Waals surface area contributed by atoms with E-state index in [0.717, 1.165) is 22.3 Å². The van der Waals surface area contributed by atoms with Gasteiger partial charge in [-0.15, -0.1) is 0 Å². The maximum atomic E-state index is 13.1. The van der Waals surface area contributed by atoms with E-state index in [4.69, 9.17) is 4.74 Å². The summed E-state index contributed by atoms with van der Waals surface area (Å²) in [6.45, 7) is 8.87. The van der Waals surface area contributed by atoms with Crippen LogP contribution in [0.5, 0.6) is 0 Å². The summed E-state index contributed by atoms with van der Waals surface area (Å²) in [5.74, 6) is -1.77. The van der Waals surface area contributed by atoms with Crippen molar-refractivity contribution in [2.75, 3.05) is 6.61 Å². The van der Waals surface area contributed by atoms with Gasteiger partial charge in [0, 0.05) is 5.92 Å². The Morgan fingerprint density at radius 3 is 1.97 bits per heavy atom. The Labute approximate surface area is 200 Å². The fraction of sp³-hybridized carbons (Fsp3) is 0.444. The number of amides is 2. The zero-order valence-electron chi connectivity index (χ0n) is 20.5. The maximum Gasteiger partial charge on any atom is 0.407 e. The van der Waals surface area contributed by atoms with Crippen LogP contribution in [0.15, 0.2) is 48.5 Å². The minimum Gasteiger partial charge on any atom is -0.480 e. The van der Waals surface area contributed by atoms with Gasteiger partial charge in [0.25, 0.3) is 0 Å². The summed E-state index contributed by atoms with van der Waals surface area (Å²) < 4.78 is 5.59. The van der Waals surface area contributed by atoms with E-state index in [1.54, 1.807) is 20.8 Å². The highest BCUT2D eigenvalue weighted by molar-refractivity contribution is 5.91. The highest BCUT2D eigenvalue weighted by Gasteiger charge is 2.40. The van der Waals surface area contributed by atoms with Crippen molar-refractivity contribution in [2.45, 2.75) is 65.0 Å². The molecule has 1 unspecified atom stereocenters. The first kappa shape index (κ1) is 25.3. The number of carboxylic acid groups (broad SMARTS) is 1. The van der Waals surface area contributed by atoms with E-state index in [9.17, 15) is 19.5 Å². The monoisotopic (exact) mass is 466 g/mol. The van der Waals surface area contributed by atoms with Crippen molar-refractivity contribution in [3.05, 3.63) is 59.7 Å². The third-order valence-corrected chi connectivity index (χ3v) is 6.36. The molecule has 0 saturated heterocycles. The molecular weight excluding hydrogens is 432 g/mol. The van der Waals surface area contributed by atoms with E-state index in [0.29, 0.717) is 6.42 Å². The molecule has 0 aliphatic heterocycles. The molecule has 0 aromatic heterocycles. The van der Waals surface area contributed by atoms with Gasteiger partial charge >= 0.3 is 12.1 Å². The first-order valence-electron chi connectivity index (χ1n) is 11.6. The largest absolute Gasteiger partial charge is 0.480 e. The Morgan fingerprint density at radius 1 is 0.971 bits per heavy atom. The number of carboxylic acids is 1. The second-order valence-corrected chi connectivity index (χ2v) is 10.1. The average molecular weight is 467 g/mol. The number of alkyl carbamates (subject to hydrolysis) is 1. The number of carbonyl (C=O) groups excluding carboxylic acids is 2. The van der Waals surface area contributed by atoms with Gasteiger partial charge in [0.15, 0.2) is 0 Å². The van der Waals surface area contributed by atoms with Gasteiger partial charge in [-0.05, 0) is 41.0 Å². The highest BCUT2D eigenvalue weighted by atomic mass is 16.5. The maximum absolute atomic E-state index is 13.1. The lowest BCUT2D eigenvalue weighted by Crippen LogP contribution is -2.60. The Morgan fingerprint density at radius 2 is 1.50 bits per heavy atom. The summed E-state index contributed by atoms with van der Waals surface area (Å²) in [7, 11) is 0. The zero-order chi connectivity index (χ0) is 25.1. The molecular formula is C27H34N2O5. The van der Waals surface area contributed by atoms with Gasteiger partial charge in [-0.25, -0.2) is 9.59 Å². The average Bonchev–Trinajstić information content (AvgIpc) is 3.09. The summed E-state index contributed by atoms with van der Waals surface area (Å²) in [5.41, 5.74) is 2.36. The summed E-state index contributed by atoms with van der Waals surface area (Å²) in [6, 6.07) is 15.1. The molecule has 2 amide bonds. The molecule has 3 N–H and O–H groups in total. The molecule has 2 atom stereocenters. The second kappa shape index (κ2) is 9.87. The van der Waals surface area contributed by atoms with Crippen LogP contribution < -0.4 is 10.6 Å². The number of rotatable bonds is 8. The van der Waals surface area contributed by atoms with Crippen LogP contribution in [0.25, 0.3) is 11.1 Å². The number of benzene rings is 2. The molecule has 2 aromatic rings. The molecule has 0 radical (unpaired) electrons. The molecule has 0 fully saturated rings. The van der Waals surface area contributed by atoms with Gasteiger partial charge in [0.2, 0.25) is 5.91 Å². The van der Waals surface area contributed by atoms with Crippen LogP contribution in [0.4, 0.5) is 4.79 Å². The number of fused-ring (bicyclic) bond motifs is 3.